The molecule has 158 valence electrons. The molecule has 3 saturated heterocycles. The Morgan fingerprint density at radius 3 is 2.72 bits per heavy atom. The Balaban J connectivity index is 1.16. The Morgan fingerprint density at radius 1 is 1.09 bits per heavy atom. The number of aromatic amines is 1. The second-order valence-corrected chi connectivity index (χ2v) is 8.41. The van der Waals surface area contributed by atoms with Gasteiger partial charge >= 0.3 is 0 Å². The van der Waals surface area contributed by atoms with Gasteiger partial charge in [0.1, 0.15) is 23.6 Å². The highest BCUT2D eigenvalue weighted by atomic mass is 19.1. The molecule has 1 aromatic carbocycles. The molecule has 2 atom stereocenters. The highest BCUT2D eigenvalue weighted by Gasteiger charge is 2.44. The topological polar surface area (TPSA) is 84.7 Å². The number of nitriles is 1. The Bertz CT molecular complexity index is 1330. The van der Waals surface area contributed by atoms with Crippen LogP contribution in [0.1, 0.15) is 17.5 Å². The molecule has 6 heterocycles. The lowest BCUT2D eigenvalue weighted by atomic mass is 9.86. The summed E-state index contributed by atoms with van der Waals surface area (Å²) in [5, 5.41) is 9.91. The molecule has 0 saturated carbocycles. The number of benzene rings is 1. The zero-order valence-electron chi connectivity index (χ0n) is 17.2. The summed E-state index contributed by atoms with van der Waals surface area (Å²) >= 11 is 0. The summed E-state index contributed by atoms with van der Waals surface area (Å²) < 4.78 is 14.3. The number of nitrogens with one attached hydrogen (secondary N) is 1. The number of hydrogen-bond donors (Lipinski definition) is 1. The van der Waals surface area contributed by atoms with Crippen LogP contribution in [0.15, 0.2) is 55.1 Å². The number of nitrogens with zero attached hydrogens (tertiary/aromatic N) is 6. The van der Waals surface area contributed by atoms with Gasteiger partial charge in [-0.1, -0.05) is 6.07 Å². The SMILES string of the molecule is N#Cc1ccc(CN2C3CC2CN(c2ccc(-c4ncnc5[nH]ccc45)cn2)C3)c(F)c1. The zero-order chi connectivity index (χ0) is 21.7. The van der Waals surface area contributed by atoms with E-state index in [4.69, 9.17) is 10.2 Å². The van der Waals surface area contributed by atoms with Gasteiger partial charge in [-0.05, 0) is 36.8 Å². The summed E-state index contributed by atoms with van der Waals surface area (Å²) in [5.41, 5.74) is 3.65. The summed E-state index contributed by atoms with van der Waals surface area (Å²) in [7, 11) is 0. The second-order valence-electron chi connectivity index (χ2n) is 8.41. The minimum absolute atomic E-state index is 0.301. The molecule has 7 nitrogen and oxygen atoms in total. The molecular formula is C24H20FN7. The average molecular weight is 425 g/mol. The third kappa shape index (κ3) is 3.10. The lowest BCUT2D eigenvalue weighted by Gasteiger charge is -2.56. The predicted molar refractivity (Wildman–Crippen MR) is 118 cm³/mol. The summed E-state index contributed by atoms with van der Waals surface area (Å²) in [6.45, 7) is 2.32. The quantitative estimate of drug-likeness (QED) is 0.539. The zero-order valence-corrected chi connectivity index (χ0v) is 17.2. The van der Waals surface area contributed by atoms with E-state index in [1.807, 2.05) is 30.6 Å². The normalized spacial score (nSPS) is 20.2. The van der Waals surface area contributed by atoms with Gasteiger partial charge in [-0.2, -0.15) is 5.26 Å². The van der Waals surface area contributed by atoms with Gasteiger partial charge in [0.2, 0.25) is 0 Å². The van der Waals surface area contributed by atoms with Gasteiger partial charge in [0, 0.05) is 60.6 Å². The maximum Gasteiger partial charge on any atom is 0.141 e. The standard InChI is InChI=1S/C24H20FN7/c25-21-7-15(9-26)1-2-17(21)11-32-18-8-19(32)13-31(12-18)22-4-3-16(10-28-22)23-20-5-6-27-24(20)30-14-29-23/h1-7,10,14,18-19H,8,11-13H2,(H,27,29,30). The number of anilines is 1. The first-order chi connectivity index (χ1) is 15.7. The number of rotatable bonds is 4. The molecular weight excluding hydrogens is 405 g/mol. The summed E-state index contributed by atoms with van der Waals surface area (Å²) in [4.78, 5) is 21.2. The predicted octanol–water partition coefficient (Wildman–Crippen LogP) is 3.49. The van der Waals surface area contributed by atoms with Crippen LogP contribution in [0.4, 0.5) is 10.2 Å². The number of fused-ring (bicyclic) bond motifs is 3. The van der Waals surface area contributed by atoms with Crippen LogP contribution in [-0.2, 0) is 6.54 Å². The molecule has 0 radical (unpaired) electrons. The van der Waals surface area contributed by atoms with Gasteiger partial charge in [0.15, 0.2) is 0 Å². The van der Waals surface area contributed by atoms with Crippen LogP contribution in [0, 0.1) is 17.1 Å². The summed E-state index contributed by atoms with van der Waals surface area (Å²) in [6, 6.07) is 13.6. The molecule has 8 heteroatoms. The number of pyridine rings is 1. The van der Waals surface area contributed by atoms with Crippen molar-refractivity contribution in [3.05, 3.63) is 72.1 Å². The van der Waals surface area contributed by atoms with E-state index < -0.39 is 0 Å². The molecule has 0 spiro atoms. The third-order valence-electron chi connectivity index (χ3n) is 6.58. The van der Waals surface area contributed by atoms with Gasteiger partial charge in [-0.15, -0.1) is 0 Å². The minimum atomic E-state index is -0.301. The first-order valence-corrected chi connectivity index (χ1v) is 10.6. The summed E-state index contributed by atoms with van der Waals surface area (Å²) in [5.74, 6) is 0.649. The van der Waals surface area contributed by atoms with E-state index in [0.29, 0.717) is 29.8 Å². The van der Waals surface area contributed by atoms with Crippen LogP contribution in [0.25, 0.3) is 22.3 Å². The fraction of sp³-hybridized carbons (Fsp3) is 0.250. The second kappa shape index (κ2) is 7.39. The Kier molecular flexibility index (Phi) is 4.37. The van der Waals surface area contributed by atoms with Crippen molar-refractivity contribution in [1.29, 1.82) is 5.26 Å². The van der Waals surface area contributed by atoms with Gasteiger partial charge < -0.3 is 9.88 Å². The lowest BCUT2D eigenvalue weighted by Crippen LogP contribution is -2.68. The van der Waals surface area contributed by atoms with Crippen LogP contribution < -0.4 is 4.90 Å². The molecule has 2 unspecified atom stereocenters. The van der Waals surface area contributed by atoms with Crippen molar-refractivity contribution in [2.45, 2.75) is 25.0 Å². The van der Waals surface area contributed by atoms with Crippen LogP contribution in [-0.4, -0.2) is 50.0 Å². The van der Waals surface area contributed by atoms with Gasteiger partial charge in [0.05, 0.1) is 17.3 Å². The largest absolute Gasteiger partial charge is 0.353 e. The molecule has 0 amide bonds. The van der Waals surface area contributed by atoms with Gasteiger partial charge in [-0.25, -0.2) is 19.3 Å². The van der Waals surface area contributed by atoms with Crippen molar-refractivity contribution in [2.24, 2.45) is 0 Å². The lowest BCUT2D eigenvalue weighted by molar-refractivity contribution is -0.00945. The average Bonchev–Trinajstić information content (AvgIpc) is 3.32. The monoisotopic (exact) mass is 425 g/mol. The van der Waals surface area contributed by atoms with E-state index in [1.54, 1.807) is 18.5 Å². The van der Waals surface area contributed by atoms with Crippen molar-refractivity contribution in [1.82, 2.24) is 24.8 Å². The Morgan fingerprint density at radius 2 is 1.97 bits per heavy atom. The van der Waals surface area contributed by atoms with Gasteiger partial charge in [0.25, 0.3) is 0 Å². The molecule has 3 aliphatic heterocycles. The maximum atomic E-state index is 14.3. The molecule has 32 heavy (non-hydrogen) atoms. The van der Waals surface area contributed by atoms with Crippen LogP contribution in [0.3, 0.4) is 0 Å². The van der Waals surface area contributed by atoms with Crippen LogP contribution in [0.2, 0.25) is 0 Å². The van der Waals surface area contributed by atoms with Gasteiger partial charge in [-0.3, -0.25) is 4.90 Å². The number of halogens is 1. The van der Waals surface area contributed by atoms with Crippen molar-refractivity contribution in [3.63, 3.8) is 0 Å². The van der Waals surface area contributed by atoms with Crippen LogP contribution in [0.5, 0.6) is 0 Å². The third-order valence-corrected chi connectivity index (χ3v) is 6.58. The molecule has 3 aliphatic rings. The number of aromatic nitrogens is 4. The highest BCUT2D eigenvalue weighted by Crippen LogP contribution is 2.36. The Hall–Kier alpha value is -3.83. The molecule has 0 aliphatic carbocycles. The van der Waals surface area contributed by atoms with Crippen molar-refractivity contribution < 1.29 is 4.39 Å². The fourth-order valence-corrected chi connectivity index (χ4v) is 4.89. The number of hydrogen-bond acceptors (Lipinski definition) is 6. The number of piperidine rings is 1. The molecule has 1 N–H and O–H groups in total. The van der Waals surface area contributed by atoms with Crippen molar-refractivity contribution in [2.75, 3.05) is 18.0 Å². The van der Waals surface area contributed by atoms with E-state index in [1.165, 1.54) is 6.07 Å². The van der Waals surface area contributed by atoms with Crippen LogP contribution >= 0.6 is 0 Å². The number of H-pyrrole nitrogens is 1. The molecule has 3 aromatic heterocycles. The van der Waals surface area contributed by atoms with E-state index in [-0.39, 0.29) is 5.82 Å². The molecule has 2 bridgehead atoms. The molecule has 7 rings (SSSR count). The van der Waals surface area contributed by atoms with Crippen molar-refractivity contribution >= 4 is 16.9 Å². The van der Waals surface area contributed by atoms with E-state index in [2.05, 4.69) is 30.8 Å². The maximum absolute atomic E-state index is 14.3. The Labute approximate surface area is 184 Å². The van der Waals surface area contributed by atoms with E-state index in [0.717, 1.165) is 47.6 Å². The smallest absolute Gasteiger partial charge is 0.141 e. The first kappa shape index (κ1) is 18.9. The fourth-order valence-electron chi connectivity index (χ4n) is 4.89. The number of piperazine rings is 1. The van der Waals surface area contributed by atoms with Crippen molar-refractivity contribution in [3.8, 4) is 17.3 Å². The molecule has 3 fully saturated rings. The first-order valence-electron chi connectivity index (χ1n) is 10.6. The molecule has 4 aromatic rings. The minimum Gasteiger partial charge on any atom is -0.353 e. The highest BCUT2D eigenvalue weighted by molar-refractivity contribution is 5.90. The van der Waals surface area contributed by atoms with E-state index in [9.17, 15) is 4.39 Å². The summed E-state index contributed by atoms with van der Waals surface area (Å²) in [6.07, 6.45) is 6.42. The van der Waals surface area contributed by atoms with E-state index >= 15 is 0 Å².